The lowest BCUT2D eigenvalue weighted by molar-refractivity contribution is -0.135. The van der Waals surface area contributed by atoms with Crippen LogP contribution in [0, 0.1) is 17.8 Å². The Kier molecular flexibility index (Phi) is 7.53. The van der Waals surface area contributed by atoms with Crippen LogP contribution in [-0.2, 0) is 14.4 Å². The molecule has 0 heterocycles. The van der Waals surface area contributed by atoms with E-state index in [1.54, 1.807) is 0 Å². The number of rotatable bonds is 7. The van der Waals surface area contributed by atoms with E-state index in [-0.39, 0.29) is 41.7 Å². The van der Waals surface area contributed by atoms with Gasteiger partial charge < -0.3 is 5.11 Å². The van der Waals surface area contributed by atoms with Gasteiger partial charge >= 0.3 is 0 Å². The van der Waals surface area contributed by atoms with Crippen LogP contribution in [0.5, 0.6) is 0 Å². The molecule has 2 unspecified atom stereocenters. The molecule has 1 N–H and O–H groups in total. The minimum Gasteiger partial charge on any atom is -0.511 e. The smallest absolute Gasteiger partial charge is 0.180 e. The predicted octanol–water partition coefficient (Wildman–Crippen LogP) is 4.51. The fourth-order valence-corrected chi connectivity index (χ4v) is 2.89. The van der Waals surface area contributed by atoms with E-state index in [4.69, 9.17) is 0 Å². The van der Waals surface area contributed by atoms with Crippen molar-refractivity contribution in [3.05, 3.63) is 34.6 Å². The highest BCUT2D eigenvalue weighted by atomic mass is 16.3. The summed E-state index contributed by atoms with van der Waals surface area (Å²) in [5.41, 5.74) is 1.87. The third kappa shape index (κ3) is 5.52. The molecule has 0 amide bonds. The summed E-state index contributed by atoms with van der Waals surface area (Å²) in [6, 6.07) is 0. The molecule has 0 bridgehead atoms. The van der Waals surface area contributed by atoms with Crippen molar-refractivity contribution in [2.45, 2.75) is 60.8 Å². The van der Waals surface area contributed by atoms with Crippen LogP contribution in [0.25, 0.3) is 0 Å². The number of Topliss-reactive ketones (excluding diaryl/α,β-unsaturated/α-hetero) is 3. The SMILES string of the molecule is CC(C)=CCC1C(=O)C(C(=O)CC(C)C)=C(O)C(CC=C(C)C)C1=O. The number of ketones is 3. The molecule has 1 aliphatic rings. The van der Waals surface area contributed by atoms with E-state index in [0.717, 1.165) is 11.1 Å². The standard InChI is InChI=1S/C21H30O4/c1-12(2)7-9-15-19(23)16(10-8-13(3)4)21(25)18(20(15)24)17(22)11-14(5)6/h7-8,14-16,24H,9-11H2,1-6H3. The first kappa shape index (κ1) is 21.1. The molecule has 0 aromatic carbocycles. The monoisotopic (exact) mass is 346 g/mol. The van der Waals surface area contributed by atoms with E-state index in [9.17, 15) is 19.5 Å². The van der Waals surface area contributed by atoms with Gasteiger partial charge in [-0.05, 0) is 46.5 Å². The van der Waals surface area contributed by atoms with E-state index < -0.39 is 17.6 Å². The van der Waals surface area contributed by atoms with Crippen molar-refractivity contribution in [2.24, 2.45) is 17.8 Å². The molecular weight excluding hydrogens is 316 g/mol. The van der Waals surface area contributed by atoms with E-state index >= 15 is 0 Å². The summed E-state index contributed by atoms with van der Waals surface area (Å²) in [5, 5.41) is 10.5. The summed E-state index contributed by atoms with van der Waals surface area (Å²) in [4.78, 5) is 38.1. The van der Waals surface area contributed by atoms with E-state index in [1.807, 2.05) is 53.7 Å². The molecule has 0 spiro atoms. The lowest BCUT2D eigenvalue weighted by Crippen LogP contribution is -2.40. The highest BCUT2D eigenvalue weighted by Crippen LogP contribution is 2.33. The topological polar surface area (TPSA) is 71.4 Å². The first-order valence-corrected chi connectivity index (χ1v) is 8.87. The lowest BCUT2D eigenvalue weighted by atomic mass is 9.74. The minimum absolute atomic E-state index is 0.0747. The van der Waals surface area contributed by atoms with Gasteiger partial charge in [0, 0.05) is 6.42 Å². The zero-order chi connectivity index (χ0) is 19.3. The summed E-state index contributed by atoms with van der Waals surface area (Å²) in [6.45, 7) is 11.4. The van der Waals surface area contributed by atoms with E-state index in [1.165, 1.54) is 0 Å². The van der Waals surface area contributed by atoms with Gasteiger partial charge in [0.2, 0.25) is 0 Å². The molecule has 2 atom stereocenters. The van der Waals surface area contributed by atoms with Gasteiger partial charge in [0.15, 0.2) is 17.3 Å². The number of carbonyl (C=O) groups excluding carboxylic acids is 3. The van der Waals surface area contributed by atoms with Crippen LogP contribution in [-0.4, -0.2) is 22.5 Å². The van der Waals surface area contributed by atoms with Crippen LogP contribution in [0.3, 0.4) is 0 Å². The Labute approximate surface area is 150 Å². The van der Waals surface area contributed by atoms with Crippen LogP contribution in [0.1, 0.15) is 60.8 Å². The second-order valence-electron chi connectivity index (χ2n) is 7.69. The molecular formula is C21H30O4. The quantitative estimate of drug-likeness (QED) is 0.418. The van der Waals surface area contributed by atoms with Gasteiger partial charge in [-0.15, -0.1) is 0 Å². The molecule has 0 saturated carbocycles. The van der Waals surface area contributed by atoms with Gasteiger partial charge in [0.1, 0.15) is 5.76 Å². The van der Waals surface area contributed by atoms with Crippen LogP contribution in [0.15, 0.2) is 34.6 Å². The summed E-state index contributed by atoms with van der Waals surface area (Å²) >= 11 is 0. The highest BCUT2D eigenvalue weighted by Gasteiger charge is 2.44. The van der Waals surface area contributed by atoms with Crippen LogP contribution in [0.4, 0.5) is 0 Å². The molecule has 4 nitrogen and oxygen atoms in total. The summed E-state index contributed by atoms with van der Waals surface area (Å²) in [5.74, 6) is -3.15. The van der Waals surface area contributed by atoms with Crippen molar-refractivity contribution in [3.8, 4) is 0 Å². The Balaban J connectivity index is 3.34. The molecule has 1 aliphatic carbocycles. The number of hydrogen-bond acceptors (Lipinski definition) is 4. The van der Waals surface area contributed by atoms with Gasteiger partial charge in [-0.2, -0.15) is 0 Å². The van der Waals surface area contributed by atoms with Gasteiger partial charge in [0.05, 0.1) is 17.4 Å². The zero-order valence-corrected chi connectivity index (χ0v) is 16.2. The van der Waals surface area contributed by atoms with Crippen molar-refractivity contribution in [1.82, 2.24) is 0 Å². The largest absolute Gasteiger partial charge is 0.511 e. The van der Waals surface area contributed by atoms with Crippen molar-refractivity contribution in [2.75, 3.05) is 0 Å². The fraction of sp³-hybridized carbons (Fsp3) is 0.571. The first-order chi connectivity index (χ1) is 11.6. The average molecular weight is 346 g/mol. The maximum atomic E-state index is 12.8. The predicted molar refractivity (Wildman–Crippen MR) is 99.2 cm³/mol. The van der Waals surface area contributed by atoms with E-state index in [2.05, 4.69) is 0 Å². The Morgan fingerprint density at radius 2 is 1.48 bits per heavy atom. The van der Waals surface area contributed by atoms with Crippen molar-refractivity contribution in [3.63, 3.8) is 0 Å². The average Bonchev–Trinajstić information content (AvgIpc) is 2.45. The third-order valence-electron chi connectivity index (χ3n) is 4.23. The summed E-state index contributed by atoms with van der Waals surface area (Å²) < 4.78 is 0. The second kappa shape index (κ2) is 8.93. The summed E-state index contributed by atoms with van der Waals surface area (Å²) in [7, 11) is 0. The molecule has 0 radical (unpaired) electrons. The Hall–Kier alpha value is -1.97. The molecule has 0 saturated heterocycles. The number of aliphatic hydroxyl groups excluding tert-OH is 1. The zero-order valence-electron chi connectivity index (χ0n) is 16.2. The molecule has 1 rings (SSSR count). The van der Waals surface area contributed by atoms with Gasteiger partial charge in [0.25, 0.3) is 0 Å². The molecule has 0 fully saturated rings. The van der Waals surface area contributed by atoms with Gasteiger partial charge in [-0.1, -0.05) is 37.1 Å². The normalized spacial score (nSPS) is 20.8. The maximum Gasteiger partial charge on any atom is 0.180 e. The summed E-state index contributed by atoms with van der Waals surface area (Å²) in [6.07, 6.45) is 4.47. The Morgan fingerprint density at radius 3 is 1.92 bits per heavy atom. The van der Waals surface area contributed by atoms with Crippen molar-refractivity contribution >= 4 is 17.3 Å². The van der Waals surface area contributed by atoms with E-state index in [0.29, 0.717) is 6.42 Å². The lowest BCUT2D eigenvalue weighted by Gasteiger charge is -2.27. The Bertz CT molecular complexity index is 639. The van der Waals surface area contributed by atoms with Gasteiger partial charge in [-0.3, -0.25) is 14.4 Å². The van der Waals surface area contributed by atoms with Crippen LogP contribution >= 0.6 is 0 Å². The minimum atomic E-state index is -0.882. The van der Waals surface area contributed by atoms with Crippen molar-refractivity contribution in [1.29, 1.82) is 0 Å². The molecule has 0 aliphatic heterocycles. The van der Waals surface area contributed by atoms with Gasteiger partial charge in [-0.25, -0.2) is 0 Å². The molecule has 4 heteroatoms. The molecule has 138 valence electrons. The molecule has 0 aromatic rings. The highest BCUT2D eigenvalue weighted by molar-refractivity contribution is 6.28. The molecule has 0 aromatic heterocycles. The van der Waals surface area contributed by atoms with Crippen LogP contribution < -0.4 is 0 Å². The Morgan fingerprint density at radius 1 is 1.00 bits per heavy atom. The number of aliphatic hydroxyl groups is 1. The molecule has 25 heavy (non-hydrogen) atoms. The van der Waals surface area contributed by atoms with Crippen LogP contribution in [0.2, 0.25) is 0 Å². The van der Waals surface area contributed by atoms with Crippen molar-refractivity contribution < 1.29 is 19.5 Å². The first-order valence-electron chi connectivity index (χ1n) is 8.87. The number of hydrogen-bond donors (Lipinski definition) is 1. The number of carbonyl (C=O) groups is 3. The number of allylic oxidation sites excluding steroid dienone is 6. The fourth-order valence-electron chi connectivity index (χ4n) is 2.89. The second-order valence-corrected chi connectivity index (χ2v) is 7.69. The maximum absolute atomic E-state index is 12.8. The third-order valence-corrected chi connectivity index (χ3v) is 4.23.